The topological polar surface area (TPSA) is 132 Å². The molecule has 0 saturated heterocycles. The Balaban J connectivity index is 1.22. The van der Waals surface area contributed by atoms with Crippen molar-refractivity contribution in [1.82, 2.24) is 4.98 Å². The van der Waals surface area contributed by atoms with Crippen LogP contribution in [0.2, 0.25) is 0 Å². The number of Topliss-reactive ketones (excluding diaryl/α,β-unsaturated/α-hetero) is 1. The molecule has 4 rings (SSSR count). The SMILES string of the molecule is O=C(CCCCCc1ccc(OCc2ccccc2)cc1)c1ccccc1C(=O)Nc1[nH]c(C(O)O)cc1O. The van der Waals surface area contributed by atoms with E-state index in [0.717, 1.165) is 36.6 Å². The number of aliphatic hydroxyl groups excluding tert-OH is 1. The van der Waals surface area contributed by atoms with E-state index in [2.05, 4.69) is 22.4 Å². The fourth-order valence-corrected chi connectivity index (χ4v) is 4.22. The summed E-state index contributed by atoms with van der Waals surface area (Å²) in [4.78, 5) is 28.2. The predicted octanol–water partition coefficient (Wildman–Crippen LogP) is 5.52. The van der Waals surface area contributed by atoms with Crippen molar-refractivity contribution in [3.05, 3.63) is 113 Å². The molecule has 8 nitrogen and oxygen atoms in total. The van der Waals surface area contributed by atoms with Crippen molar-refractivity contribution in [2.75, 3.05) is 5.32 Å². The second-order valence-corrected chi connectivity index (χ2v) is 9.26. The van der Waals surface area contributed by atoms with Crippen LogP contribution in [0.15, 0.2) is 84.9 Å². The quantitative estimate of drug-likeness (QED) is 0.0882. The monoisotopic (exact) mass is 528 g/mol. The number of hydrogen-bond acceptors (Lipinski definition) is 6. The number of unbranched alkanes of at least 4 members (excludes halogenated alkanes) is 2. The molecule has 3 aromatic carbocycles. The number of ketones is 1. The van der Waals surface area contributed by atoms with Gasteiger partial charge in [-0.25, -0.2) is 0 Å². The molecule has 0 aliphatic heterocycles. The average molecular weight is 529 g/mol. The molecule has 0 radical (unpaired) electrons. The van der Waals surface area contributed by atoms with E-state index in [1.54, 1.807) is 18.2 Å². The van der Waals surface area contributed by atoms with Crippen LogP contribution < -0.4 is 10.1 Å². The molecule has 0 saturated carbocycles. The first-order chi connectivity index (χ1) is 18.9. The normalized spacial score (nSPS) is 10.9. The van der Waals surface area contributed by atoms with Gasteiger partial charge in [0.15, 0.2) is 23.6 Å². The Kier molecular flexibility index (Phi) is 9.50. The minimum atomic E-state index is -1.83. The van der Waals surface area contributed by atoms with Crippen LogP contribution in [-0.4, -0.2) is 32.0 Å². The van der Waals surface area contributed by atoms with Crippen LogP contribution in [0.25, 0.3) is 0 Å². The highest BCUT2D eigenvalue weighted by Gasteiger charge is 2.19. The lowest BCUT2D eigenvalue weighted by atomic mass is 9.98. The third kappa shape index (κ3) is 7.80. The van der Waals surface area contributed by atoms with Crippen molar-refractivity contribution in [2.24, 2.45) is 0 Å². The molecule has 0 bridgehead atoms. The van der Waals surface area contributed by atoms with E-state index in [0.29, 0.717) is 25.0 Å². The van der Waals surface area contributed by atoms with Gasteiger partial charge in [0.2, 0.25) is 0 Å². The number of benzene rings is 3. The molecule has 5 N–H and O–H groups in total. The second-order valence-electron chi connectivity index (χ2n) is 9.26. The van der Waals surface area contributed by atoms with Crippen molar-refractivity contribution in [3.8, 4) is 11.5 Å². The minimum absolute atomic E-state index is 0.0699. The van der Waals surface area contributed by atoms with Gasteiger partial charge < -0.3 is 30.4 Å². The molecular formula is C31H32N2O6. The molecule has 202 valence electrons. The summed E-state index contributed by atoms with van der Waals surface area (Å²) >= 11 is 0. The largest absolute Gasteiger partial charge is 0.504 e. The number of H-pyrrole nitrogens is 1. The van der Waals surface area contributed by atoms with Gasteiger partial charge in [0, 0.05) is 18.1 Å². The number of aliphatic hydroxyl groups is 2. The number of aromatic hydroxyl groups is 1. The number of hydrogen-bond donors (Lipinski definition) is 5. The summed E-state index contributed by atoms with van der Waals surface area (Å²) in [6, 6.07) is 25.7. The lowest BCUT2D eigenvalue weighted by Gasteiger charge is -2.10. The Morgan fingerprint density at radius 2 is 1.51 bits per heavy atom. The molecule has 1 heterocycles. The zero-order chi connectivity index (χ0) is 27.6. The number of amides is 1. The first-order valence-electron chi connectivity index (χ1n) is 12.9. The molecule has 4 aromatic rings. The van der Waals surface area contributed by atoms with E-state index in [1.807, 2.05) is 42.5 Å². The number of rotatable bonds is 13. The van der Waals surface area contributed by atoms with E-state index in [9.17, 15) is 24.9 Å². The predicted molar refractivity (Wildman–Crippen MR) is 148 cm³/mol. The fraction of sp³-hybridized carbons (Fsp3) is 0.226. The van der Waals surface area contributed by atoms with Crippen LogP contribution >= 0.6 is 0 Å². The van der Waals surface area contributed by atoms with E-state index >= 15 is 0 Å². The molecule has 0 spiro atoms. The molecule has 1 aromatic heterocycles. The number of ether oxygens (including phenoxy) is 1. The summed E-state index contributed by atoms with van der Waals surface area (Å²) < 4.78 is 5.83. The number of aryl methyl sites for hydroxylation is 1. The van der Waals surface area contributed by atoms with Gasteiger partial charge in [-0.2, -0.15) is 0 Å². The van der Waals surface area contributed by atoms with E-state index < -0.39 is 12.2 Å². The van der Waals surface area contributed by atoms with Gasteiger partial charge in [-0.15, -0.1) is 0 Å². The Hall–Kier alpha value is -4.40. The first kappa shape index (κ1) is 27.6. The number of aromatic nitrogens is 1. The van der Waals surface area contributed by atoms with Gasteiger partial charge >= 0.3 is 0 Å². The highest BCUT2D eigenvalue weighted by Crippen LogP contribution is 2.27. The Morgan fingerprint density at radius 1 is 0.821 bits per heavy atom. The van der Waals surface area contributed by atoms with Gasteiger partial charge in [0.25, 0.3) is 5.91 Å². The van der Waals surface area contributed by atoms with Crippen molar-refractivity contribution in [3.63, 3.8) is 0 Å². The zero-order valence-electron chi connectivity index (χ0n) is 21.5. The summed E-state index contributed by atoms with van der Waals surface area (Å²) in [5.74, 6) is -0.325. The third-order valence-electron chi connectivity index (χ3n) is 6.35. The van der Waals surface area contributed by atoms with Crippen LogP contribution in [0.1, 0.15) is 69.5 Å². The third-order valence-corrected chi connectivity index (χ3v) is 6.35. The van der Waals surface area contributed by atoms with E-state index in [-0.39, 0.29) is 28.6 Å². The number of anilines is 1. The van der Waals surface area contributed by atoms with Gasteiger partial charge in [0.1, 0.15) is 12.4 Å². The van der Waals surface area contributed by atoms with Crippen LogP contribution in [0, 0.1) is 0 Å². The van der Waals surface area contributed by atoms with Crippen molar-refractivity contribution < 1.29 is 29.6 Å². The summed E-state index contributed by atoms with van der Waals surface area (Å²) in [6.45, 7) is 0.530. The fourth-order valence-electron chi connectivity index (χ4n) is 4.22. The van der Waals surface area contributed by atoms with Crippen LogP contribution in [0.5, 0.6) is 11.5 Å². The van der Waals surface area contributed by atoms with Gasteiger partial charge in [0.05, 0.1) is 11.3 Å². The van der Waals surface area contributed by atoms with Crippen LogP contribution in [0.4, 0.5) is 5.82 Å². The number of carbonyl (C=O) groups is 2. The van der Waals surface area contributed by atoms with Gasteiger partial charge in [-0.1, -0.05) is 67.1 Å². The average Bonchev–Trinajstić information content (AvgIpc) is 3.33. The summed E-state index contributed by atoms with van der Waals surface area (Å²) in [7, 11) is 0. The molecule has 0 fully saturated rings. The maximum atomic E-state index is 12.9. The Bertz CT molecular complexity index is 1380. The van der Waals surface area contributed by atoms with E-state index in [1.165, 1.54) is 11.6 Å². The molecule has 0 aliphatic rings. The summed E-state index contributed by atoms with van der Waals surface area (Å²) in [5, 5.41) is 30.9. The molecule has 8 heteroatoms. The first-order valence-corrected chi connectivity index (χ1v) is 12.9. The summed E-state index contributed by atoms with van der Waals surface area (Å²) in [5.41, 5.74) is 2.74. The van der Waals surface area contributed by atoms with Gasteiger partial charge in [-0.3, -0.25) is 9.59 Å². The second kappa shape index (κ2) is 13.4. The highest BCUT2D eigenvalue weighted by molar-refractivity contribution is 6.12. The van der Waals surface area contributed by atoms with Crippen molar-refractivity contribution in [1.29, 1.82) is 0 Å². The standard InChI is InChI=1S/C31H32N2O6/c34-27(24-12-7-8-13-25(24)30(36)33-29-28(35)19-26(32-29)31(37)38)14-6-2-3-9-21-15-17-23(18-16-21)39-20-22-10-4-1-5-11-22/h1,4-5,7-8,10-13,15-19,31-32,35,37-38H,2-3,6,9,14,20H2,(H,33,36). The van der Waals surface area contributed by atoms with Gasteiger partial charge in [-0.05, 0) is 48.6 Å². The highest BCUT2D eigenvalue weighted by atomic mass is 16.5. The van der Waals surface area contributed by atoms with Crippen molar-refractivity contribution >= 4 is 17.5 Å². The van der Waals surface area contributed by atoms with Crippen LogP contribution in [0.3, 0.4) is 0 Å². The smallest absolute Gasteiger partial charge is 0.257 e. The lowest BCUT2D eigenvalue weighted by molar-refractivity contribution is -0.0454. The zero-order valence-corrected chi connectivity index (χ0v) is 21.5. The molecule has 0 aliphatic carbocycles. The molecule has 1 amide bonds. The molecule has 0 unspecified atom stereocenters. The number of aromatic amines is 1. The molecule has 39 heavy (non-hydrogen) atoms. The van der Waals surface area contributed by atoms with E-state index in [4.69, 9.17) is 4.74 Å². The maximum Gasteiger partial charge on any atom is 0.257 e. The maximum absolute atomic E-state index is 12.9. The number of carbonyl (C=O) groups excluding carboxylic acids is 2. The minimum Gasteiger partial charge on any atom is -0.504 e. The number of nitrogens with one attached hydrogen (secondary N) is 2. The molecular weight excluding hydrogens is 496 g/mol. The Morgan fingerprint density at radius 3 is 2.21 bits per heavy atom. The lowest BCUT2D eigenvalue weighted by Crippen LogP contribution is -2.17. The summed E-state index contributed by atoms with van der Waals surface area (Å²) in [6.07, 6.45) is 1.89. The Labute approximate surface area is 226 Å². The van der Waals surface area contributed by atoms with Crippen molar-refractivity contribution in [2.45, 2.75) is 45.0 Å². The molecule has 0 atom stereocenters. The van der Waals surface area contributed by atoms with Crippen LogP contribution in [-0.2, 0) is 13.0 Å².